The number of aromatic nitrogens is 2. The zero-order valence-electron chi connectivity index (χ0n) is 20.8. The molecule has 2 aromatic rings. The first kappa shape index (κ1) is 23.6. The highest BCUT2D eigenvalue weighted by atomic mass is 19.1. The SMILES string of the molecule is Cc1cc(C(N)=O)cnc1N1CCN(c2cc(N3CCC(F)CC3)cc(N3CCCC3C)n2)CC1. The highest BCUT2D eigenvalue weighted by Crippen LogP contribution is 2.33. The number of nitrogens with zero attached hydrogens (tertiary/aromatic N) is 6. The van der Waals surface area contributed by atoms with Crippen molar-refractivity contribution in [1.82, 2.24) is 9.97 Å². The van der Waals surface area contributed by atoms with Gasteiger partial charge in [0.25, 0.3) is 0 Å². The second kappa shape index (κ2) is 9.87. The molecule has 0 bridgehead atoms. The van der Waals surface area contributed by atoms with Crippen LogP contribution in [0, 0.1) is 6.92 Å². The number of anilines is 4. The maximum Gasteiger partial charge on any atom is 0.250 e. The third kappa shape index (κ3) is 4.99. The third-order valence-electron chi connectivity index (χ3n) is 7.66. The fourth-order valence-corrected chi connectivity index (χ4v) is 5.54. The van der Waals surface area contributed by atoms with E-state index in [0.29, 0.717) is 24.4 Å². The van der Waals surface area contributed by atoms with E-state index >= 15 is 0 Å². The van der Waals surface area contributed by atoms with E-state index in [9.17, 15) is 9.18 Å². The predicted molar refractivity (Wildman–Crippen MR) is 139 cm³/mol. The number of nitrogens with two attached hydrogens (primary N) is 1. The summed E-state index contributed by atoms with van der Waals surface area (Å²) in [5, 5.41) is 0. The van der Waals surface area contributed by atoms with Crippen molar-refractivity contribution in [2.75, 3.05) is 65.4 Å². The van der Waals surface area contributed by atoms with Gasteiger partial charge < -0.3 is 25.3 Å². The first-order valence-electron chi connectivity index (χ1n) is 12.8. The molecule has 0 radical (unpaired) electrons. The van der Waals surface area contributed by atoms with Crippen LogP contribution in [0.25, 0.3) is 0 Å². The number of amides is 1. The lowest BCUT2D eigenvalue weighted by atomic mass is 10.1. The number of piperidine rings is 1. The Morgan fingerprint density at radius 1 is 0.943 bits per heavy atom. The average Bonchev–Trinajstić information content (AvgIpc) is 3.30. The van der Waals surface area contributed by atoms with Crippen LogP contribution in [0.3, 0.4) is 0 Å². The summed E-state index contributed by atoms with van der Waals surface area (Å²) in [7, 11) is 0. The number of pyridine rings is 2. The molecule has 0 aliphatic carbocycles. The number of carbonyl (C=O) groups excluding carboxylic acids is 1. The van der Waals surface area contributed by atoms with Crippen molar-refractivity contribution in [2.24, 2.45) is 5.73 Å². The maximum absolute atomic E-state index is 13.8. The first-order valence-corrected chi connectivity index (χ1v) is 12.8. The molecule has 3 aliphatic rings. The number of hydrogen-bond donors (Lipinski definition) is 1. The zero-order valence-corrected chi connectivity index (χ0v) is 20.8. The molecule has 8 nitrogen and oxygen atoms in total. The van der Waals surface area contributed by atoms with Gasteiger partial charge in [-0.3, -0.25) is 4.79 Å². The molecule has 3 saturated heterocycles. The maximum atomic E-state index is 13.8. The van der Waals surface area contributed by atoms with Crippen molar-refractivity contribution >= 4 is 29.0 Å². The van der Waals surface area contributed by atoms with Crippen molar-refractivity contribution < 1.29 is 9.18 Å². The van der Waals surface area contributed by atoms with E-state index in [1.807, 2.05) is 13.0 Å². The third-order valence-corrected chi connectivity index (χ3v) is 7.66. The summed E-state index contributed by atoms with van der Waals surface area (Å²) in [6.07, 6.45) is 4.43. The summed E-state index contributed by atoms with van der Waals surface area (Å²) in [4.78, 5) is 30.4. The van der Waals surface area contributed by atoms with Gasteiger partial charge in [0.2, 0.25) is 5.91 Å². The number of primary amides is 1. The van der Waals surface area contributed by atoms with E-state index in [-0.39, 0.29) is 0 Å². The lowest BCUT2D eigenvalue weighted by Crippen LogP contribution is -2.47. The van der Waals surface area contributed by atoms with Gasteiger partial charge in [-0.25, -0.2) is 14.4 Å². The predicted octanol–water partition coefficient (Wildman–Crippen LogP) is 3.14. The summed E-state index contributed by atoms with van der Waals surface area (Å²) in [5.74, 6) is 2.47. The van der Waals surface area contributed by atoms with Crippen LogP contribution in [0.2, 0.25) is 0 Å². The summed E-state index contributed by atoms with van der Waals surface area (Å²) < 4.78 is 13.8. The van der Waals surface area contributed by atoms with Crippen molar-refractivity contribution in [3.8, 4) is 0 Å². The van der Waals surface area contributed by atoms with Crippen LogP contribution < -0.4 is 25.3 Å². The molecular formula is C26H36FN7O. The van der Waals surface area contributed by atoms with E-state index in [0.717, 1.165) is 74.5 Å². The lowest BCUT2D eigenvalue weighted by Gasteiger charge is -2.38. The van der Waals surface area contributed by atoms with Gasteiger partial charge in [-0.2, -0.15) is 0 Å². The van der Waals surface area contributed by atoms with E-state index < -0.39 is 12.1 Å². The number of piperazine rings is 1. The summed E-state index contributed by atoms with van der Waals surface area (Å²) in [6.45, 7) is 10.1. The standard InChI is InChI=1S/C26H36FN7O/c1-18-14-20(25(28)35)17-29-26(18)33-12-10-32(11-13-33)23-15-22(31-8-5-21(27)6-9-31)16-24(30-23)34-7-3-4-19(34)2/h14-17,19,21H,3-13H2,1-2H3,(H2,28,35). The molecule has 0 saturated carbocycles. The lowest BCUT2D eigenvalue weighted by molar-refractivity contribution is 0.1000. The topological polar surface area (TPSA) is 81.8 Å². The molecule has 3 fully saturated rings. The molecule has 2 N–H and O–H groups in total. The fraction of sp³-hybridized carbons (Fsp3) is 0.577. The van der Waals surface area contributed by atoms with Gasteiger partial charge in [0.1, 0.15) is 23.6 Å². The van der Waals surface area contributed by atoms with E-state index in [1.165, 1.54) is 12.8 Å². The zero-order chi connectivity index (χ0) is 24.5. The molecule has 5 heterocycles. The Hall–Kier alpha value is -3.10. The quantitative estimate of drug-likeness (QED) is 0.703. The summed E-state index contributed by atoms with van der Waals surface area (Å²) >= 11 is 0. The van der Waals surface area contributed by atoms with Crippen LogP contribution >= 0.6 is 0 Å². The van der Waals surface area contributed by atoms with Crippen LogP contribution in [0.4, 0.5) is 27.5 Å². The Labute approximate surface area is 206 Å². The number of hydrogen-bond acceptors (Lipinski definition) is 7. The Morgan fingerprint density at radius 3 is 2.26 bits per heavy atom. The number of rotatable bonds is 5. The number of aryl methyl sites for hydroxylation is 1. The number of alkyl halides is 1. The van der Waals surface area contributed by atoms with Crippen molar-refractivity contribution in [1.29, 1.82) is 0 Å². The Morgan fingerprint density at radius 2 is 1.63 bits per heavy atom. The molecular weight excluding hydrogens is 445 g/mol. The van der Waals surface area contributed by atoms with Crippen LogP contribution in [-0.4, -0.2) is 73.9 Å². The molecule has 35 heavy (non-hydrogen) atoms. The average molecular weight is 482 g/mol. The van der Waals surface area contributed by atoms with Gasteiger partial charge in [0, 0.05) is 75.9 Å². The summed E-state index contributed by atoms with van der Waals surface area (Å²) in [6, 6.07) is 6.68. The molecule has 0 spiro atoms. The van der Waals surface area contributed by atoms with Gasteiger partial charge in [-0.1, -0.05) is 0 Å². The summed E-state index contributed by atoms with van der Waals surface area (Å²) in [5.41, 5.74) is 7.94. The first-order chi connectivity index (χ1) is 16.9. The van der Waals surface area contributed by atoms with Gasteiger partial charge in [0.05, 0.1) is 5.56 Å². The molecule has 5 rings (SSSR count). The van der Waals surface area contributed by atoms with Crippen molar-refractivity contribution in [3.05, 3.63) is 35.5 Å². The highest BCUT2D eigenvalue weighted by molar-refractivity contribution is 5.92. The van der Waals surface area contributed by atoms with E-state index in [4.69, 9.17) is 10.7 Å². The fourth-order valence-electron chi connectivity index (χ4n) is 5.54. The number of halogens is 1. The van der Waals surface area contributed by atoms with Crippen LogP contribution in [0.15, 0.2) is 24.4 Å². The van der Waals surface area contributed by atoms with E-state index in [2.05, 4.69) is 43.6 Å². The largest absolute Gasteiger partial charge is 0.371 e. The molecule has 1 atom stereocenters. The smallest absolute Gasteiger partial charge is 0.250 e. The second-order valence-corrected chi connectivity index (χ2v) is 10.1. The van der Waals surface area contributed by atoms with Gasteiger partial charge >= 0.3 is 0 Å². The monoisotopic (exact) mass is 481 g/mol. The molecule has 1 unspecified atom stereocenters. The Balaban J connectivity index is 1.35. The van der Waals surface area contributed by atoms with Crippen LogP contribution in [0.1, 0.15) is 48.5 Å². The minimum Gasteiger partial charge on any atom is -0.371 e. The van der Waals surface area contributed by atoms with Crippen molar-refractivity contribution in [3.63, 3.8) is 0 Å². The van der Waals surface area contributed by atoms with Crippen LogP contribution in [-0.2, 0) is 0 Å². The molecule has 1 amide bonds. The van der Waals surface area contributed by atoms with Crippen LogP contribution in [0.5, 0.6) is 0 Å². The molecule has 9 heteroatoms. The van der Waals surface area contributed by atoms with Gasteiger partial charge in [-0.05, 0) is 51.2 Å². The van der Waals surface area contributed by atoms with Gasteiger partial charge in [0.15, 0.2) is 0 Å². The minimum absolute atomic E-state index is 0.436. The highest BCUT2D eigenvalue weighted by Gasteiger charge is 2.27. The number of carbonyl (C=O) groups is 1. The molecule has 0 aromatic carbocycles. The van der Waals surface area contributed by atoms with E-state index in [1.54, 1.807) is 6.20 Å². The normalized spacial score (nSPS) is 21.6. The van der Waals surface area contributed by atoms with Crippen molar-refractivity contribution in [2.45, 2.75) is 51.7 Å². The molecule has 188 valence electrons. The Bertz CT molecular complexity index is 1060. The minimum atomic E-state index is -0.687. The van der Waals surface area contributed by atoms with Gasteiger partial charge in [-0.15, -0.1) is 0 Å². The Kier molecular flexibility index (Phi) is 6.67. The molecule has 2 aromatic heterocycles. The molecule has 3 aliphatic heterocycles. The second-order valence-electron chi connectivity index (χ2n) is 10.1.